The van der Waals surface area contributed by atoms with Crippen LogP contribution in [0, 0.1) is 40.4 Å². The van der Waals surface area contributed by atoms with E-state index in [0.717, 1.165) is 62.5 Å². The summed E-state index contributed by atoms with van der Waals surface area (Å²) in [6.45, 7) is 16.2. The molecule has 1 N–H and O–H groups in total. The molecule has 9 heteroatoms. The van der Waals surface area contributed by atoms with Gasteiger partial charge < -0.3 is 24.3 Å². The fraction of sp³-hybridized carbons (Fsp3) is 0.733. The first-order valence-electron chi connectivity index (χ1n) is 20.7. The number of ether oxygens (including phenoxy) is 4. The average Bonchev–Trinajstić information content (AvgIpc) is 3.41. The molecule has 5 fully saturated rings. The smallest absolute Gasteiger partial charge is 0.322 e. The van der Waals surface area contributed by atoms with Crippen LogP contribution in [0.5, 0.6) is 0 Å². The van der Waals surface area contributed by atoms with E-state index in [1.54, 1.807) is 6.08 Å². The van der Waals surface area contributed by atoms with Crippen LogP contribution in [0.25, 0.3) is 5.57 Å². The minimum absolute atomic E-state index is 0.119. The van der Waals surface area contributed by atoms with Gasteiger partial charge in [0.1, 0.15) is 17.5 Å². The van der Waals surface area contributed by atoms with Gasteiger partial charge in [-0.25, -0.2) is 0 Å². The lowest BCUT2D eigenvalue weighted by molar-refractivity contribution is -0.300. The summed E-state index contributed by atoms with van der Waals surface area (Å²) in [7, 11) is 0. The van der Waals surface area contributed by atoms with Gasteiger partial charge in [-0.15, -0.1) is 0 Å². The number of fused-ring (bicyclic) bond motifs is 5. The molecule has 10 atom stereocenters. The number of benzene rings is 1. The SMILES string of the molecule is C/C(=C\C(C(=O)NCC[C@@H]1C[C@H](CC(=O)OC(C)(C)C)OC(C)(C)O1)C(=O)O[C@H]1CC[C@H]2[C@@H]3CC[C@H]4CC(=O)CC[C@]4(C)[C@H]3CC[C@]12C)c1ccccc1. The van der Waals surface area contributed by atoms with E-state index in [1.165, 1.54) is 0 Å². The lowest BCUT2D eigenvalue weighted by atomic mass is 9.45. The van der Waals surface area contributed by atoms with E-state index in [1.807, 2.05) is 71.9 Å². The Bertz CT molecular complexity index is 1580. The van der Waals surface area contributed by atoms with Gasteiger partial charge in [-0.1, -0.05) is 50.3 Å². The number of hydrogen-bond donors (Lipinski definition) is 1. The number of hydrogen-bond acceptors (Lipinski definition) is 8. The number of nitrogens with one attached hydrogen (secondary N) is 1. The molecule has 0 radical (unpaired) electrons. The number of esters is 2. The Labute approximate surface area is 323 Å². The van der Waals surface area contributed by atoms with E-state index in [-0.39, 0.29) is 41.5 Å². The molecule has 1 unspecified atom stereocenters. The van der Waals surface area contributed by atoms with E-state index in [4.69, 9.17) is 18.9 Å². The largest absolute Gasteiger partial charge is 0.461 e. The standard InChI is InChI=1S/C45H65NO8/c1-28(29-12-10-9-11-13-29)24-35(40(49)46-23-20-32-26-33(53-43(5,6)52-32)27-39(48)54-42(2,3)4)41(50)51-38-17-16-36-34-15-14-30-25-31(47)18-21-44(30,7)37(34)19-22-45(36,38)8/h9-13,24,30,32-38H,14-23,25-27H2,1-8H3,(H,46,49)/b28-24+/t30-,32+,33+,34-,35?,36-,37-,38-,44-,45-/m0/s1. The van der Waals surface area contributed by atoms with Crippen molar-refractivity contribution in [3.63, 3.8) is 0 Å². The molecule has 1 aromatic rings. The maximum absolute atomic E-state index is 14.2. The molecule has 6 rings (SSSR count). The van der Waals surface area contributed by atoms with Gasteiger partial charge in [0.15, 0.2) is 11.7 Å². The maximum atomic E-state index is 14.2. The second kappa shape index (κ2) is 15.8. The number of carbonyl (C=O) groups excluding carboxylic acids is 4. The number of amides is 1. The first kappa shape index (κ1) is 40.6. The van der Waals surface area contributed by atoms with E-state index >= 15 is 0 Å². The van der Waals surface area contributed by atoms with Crippen molar-refractivity contribution in [2.45, 2.75) is 162 Å². The van der Waals surface area contributed by atoms with Gasteiger partial charge in [0.2, 0.25) is 5.91 Å². The predicted molar refractivity (Wildman–Crippen MR) is 207 cm³/mol. The van der Waals surface area contributed by atoms with Crippen LogP contribution in [0.4, 0.5) is 0 Å². The molecule has 1 aromatic carbocycles. The van der Waals surface area contributed by atoms with Crippen molar-refractivity contribution >= 4 is 29.2 Å². The van der Waals surface area contributed by atoms with E-state index in [9.17, 15) is 19.2 Å². The normalized spacial score (nSPS) is 35.5. The van der Waals surface area contributed by atoms with Crippen LogP contribution >= 0.6 is 0 Å². The van der Waals surface area contributed by atoms with E-state index in [0.29, 0.717) is 55.3 Å². The second-order valence-corrected chi connectivity index (χ2v) is 19.1. The van der Waals surface area contributed by atoms with Gasteiger partial charge in [-0.05, 0) is 133 Å². The highest BCUT2D eigenvalue weighted by atomic mass is 16.7. The van der Waals surface area contributed by atoms with E-state index in [2.05, 4.69) is 19.2 Å². The summed E-state index contributed by atoms with van der Waals surface area (Å²) in [6, 6.07) is 9.78. The summed E-state index contributed by atoms with van der Waals surface area (Å²) in [5.74, 6) is -0.613. The minimum atomic E-state index is -1.11. The number of rotatable bonds is 10. The van der Waals surface area contributed by atoms with Gasteiger partial charge in [0, 0.05) is 31.2 Å². The van der Waals surface area contributed by atoms with Crippen LogP contribution in [0.3, 0.4) is 0 Å². The fourth-order valence-electron chi connectivity index (χ4n) is 11.3. The van der Waals surface area contributed by atoms with Crippen LogP contribution < -0.4 is 5.32 Å². The van der Waals surface area contributed by atoms with Crippen molar-refractivity contribution in [3.05, 3.63) is 42.0 Å². The zero-order valence-corrected chi connectivity index (χ0v) is 34.0. The van der Waals surface area contributed by atoms with Gasteiger partial charge in [0.25, 0.3) is 0 Å². The highest BCUT2D eigenvalue weighted by Crippen LogP contribution is 2.66. The maximum Gasteiger partial charge on any atom is 0.322 e. The molecule has 4 aliphatic carbocycles. The van der Waals surface area contributed by atoms with Gasteiger partial charge in [-0.3, -0.25) is 19.2 Å². The molecule has 0 bridgehead atoms. The van der Waals surface area contributed by atoms with Crippen LogP contribution in [0.1, 0.15) is 138 Å². The Morgan fingerprint density at radius 2 is 1.63 bits per heavy atom. The Morgan fingerprint density at radius 1 is 0.926 bits per heavy atom. The van der Waals surface area contributed by atoms with E-state index < -0.39 is 29.2 Å². The van der Waals surface area contributed by atoms with Crippen molar-refractivity contribution in [1.29, 1.82) is 0 Å². The zero-order valence-electron chi connectivity index (χ0n) is 34.0. The van der Waals surface area contributed by atoms with Crippen LogP contribution in [0.2, 0.25) is 0 Å². The Balaban J connectivity index is 1.11. The highest BCUT2D eigenvalue weighted by molar-refractivity contribution is 6.01. The Kier molecular flexibility index (Phi) is 11.9. The van der Waals surface area contributed by atoms with Gasteiger partial charge in [-0.2, -0.15) is 0 Å². The molecule has 1 amide bonds. The van der Waals surface area contributed by atoms with Gasteiger partial charge >= 0.3 is 11.9 Å². The van der Waals surface area contributed by atoms with Crippen molar-refractivity contribution in [3.8, 4) is 0 Å². The zero-order chi connectivity index (χ0) is 39.1. The number of allylic oxidation sites excluding steroid dienone is 1. The second-order valence-electron chi connectivity index (χ2n) is 19.1. The molecule has 1 saturated heterocycles. The first-order valence-corrected chi connectivity index (χ1v) is 20.7. The average molecular weight is 748 g/mol. The third-order valence-electron chi connectivity index (χ3n) is 13.8. The molecule has 1 heterocycles. The van der Waals surface area contributed by atoms with Crippen molar-refractivity contribution in [2.24, 2.45) is 40.4 Å². The molecule has 1 aliphatic heterocycles. The summed E-state index contributed by atoms with van der Waals surface area (Å²) in [4.78, 5) is 53.2. The highest BCUT2D eigenvalue weighted by Gasteiger charge is 2.61. The molecule has 9 nitrogen and oxygen atoms in total. The fourth-order valence-corrected chi connectivity index (χ4v) is 11.3. The van der Waals surface area contributed by atoms with Crippen LogP contribution in [-0.2, 0) is 38.1 Å². The van der Waals surface area contributed by atoms with Crippen LogP contribution in [0.15, 0.2) is 36.4 Å². The van der Waals surface area contributed by atoms with Crippen molar-refractivity contribution in [1.82, 2.24) is 5.32 Å². The summed E-state index contributed by atoms with van der Waals surface area (Å²) in [5.41, 5.74) is 1.28. The topological polar surface area (TPSA) is 117 Å². The number of Topliss-reactive ketones (excluding diaryl/α,β-unsaturated/α-hetero) is 1. The third-order valence-corrected chi connectivity index (χ3v) is 13.8. The lowest BCUT2D eigenvalue weighted by Crippen LogP contribution is -2.54. The Morgan fingerprint density at radius 3 is 2.35 bits per heavy atom. The third kappa shape index (κ3) is 8.98. The molecular formula is C45H65NO8. The molecule has 298 valence electrons. The summed E-state index contributed by atoms with van der Waals surface area (Å²) < 4.78 is 24.2. The predicted octanol–water partition coefficient (Wildman–Crippen LogP) is 8.38. The first-order chi connectivity index (χ1) is 25.4. The molecular weight excluding hydrogens is 682 g/mol. The molecule has 0 spiro atoms. The van der Waals surface area contributed by atoms with Crippen molar-refractivity contribution in [2.75, 3.05) is 6.54 Å². The molecule has 5 aliphatic rings. The quantitative estimate of drug-likeness (QED) is 0.188. The number of carbonyl (C=O) groups is 4. The lowest BCUT2D eigenvalue weighted by Gasteiger charge is -2.60. The summed E-state index contributed by atoms with van der Waals surface area (Å²) in [5, 5.41) is 3.02. The number of ketones is 1. The van der Waals surface area contributed by atoms with Crippen LogP contribution in [-0.4, -0.2) is 59.9 Å². The summed E-state index contributed by atoms with van der Waals surface area (Å²) in [6.07, 6.45) is 10.6. The Hall–Kier alpha value is -3.04. The van der Waals surface area contributed by atoms with Gasteiger partial charge in [0.05, 0.1) is 18.6 Å². The molecule has 0 aromatic heterocycles. The monoisotopic (exact) mass is 747 g/mol. The summed E-state index contributed by atoms with van der Waals surface area (Å²) >= 11 is 0. The minimum Gasteiger partial charge on any atom is -0.461 e. The molecule has 54 heavy (non-hydrogen) atoms. The van der Waals surface area contributed by atoms with Crippen molar-refractivity contribution < 1.29 is 38.1 Å². The molecule has 4 saturated carbocycles.